The first-order valence-electron chi connectivity index (χ1n) is 9.53. The molecule has 1 fully saturated rings. The molecule has 0 atom stereocenters. The molecule has 1 aliphatic carbocycles. The summed E-state index contributed by atoms with van der Waals surface area (Å²) in [6.45, 7) is 0. The molecule has 1 amide bonds. The van der Waals surface area contributed by atoms with Crippen molar-refractivity contribution < 1.29 is 13.2 Å². The molecule has 0 aliphatic heterocycles. The summed E-state index contributed by atoms with van der Waals surface area (Å²) in [7, 11) is -3.74. The van der Waals surface area contributed by atoms with Gasteiger partial charge in [-0.05, 0) is 43.2 Å². The van der Waals surface area contributed by atoms with Crippen molar-refractivity contribution in [2.24, 2.45) is 0 Å². The smallest absolute Gasteiger partial charge is 0.261 e. The van der Waals surface area contributed by atoms with Crippen molar-refractivity contribution in [1.29, 1.82) is 0 Å². The molecular weight excluding hydrogens is 360 g/mol. The molecular formula is C21H26N2O3S. The van der Waals surface area contributed by atoms with Gasteiger partial charge in [-0.2, -0.15) is 0 Å². The highest BCUT2D eigenvalue weighted by molar-refractivity contribution is 7.92. The number of nitrogens with one attached hydrogen (secondary N) is 2. The predicted octanol–water partition coefficient (Wildman–Crippen LogP) is 4.33. The predicted molar refractivity (Wildman–Crippen MR) is 107 cm³/mol. The molecule has 0 radical (unpaired) electrons. The van der Waals surface area contributed by atoms with E-state index in [9.17, 15) is 13.2 Å². The molecule has 2 aromatic carbocycles. The molecule has 0 heterocycles. The zero-order chi connectivity index (χ0) is 19.1. The van der Waals surface area contributed by atoms with Crippen LogP contribution in [0, 0.1) is 0 Å². The van der Waals surface area contributed by atoms with Gasteiger partial charge in [-0.1, -0.05) is 56.4 Å². The van der Waals surface area contributed by atoms with Gasteiger partial charge in [0.15, 0.2) is 0 Å². The first kappa shape index (κ1) is 19.4. The molecule has 1 saturated carbocycles. The maximum absolute atomic E-state index is 12.6. The molecule has 144 valence electrons. The van der Waals surface area contributed by atoms with Crippen molar-refractivity contribution in [2.45, 2.75) is 55.9 Å². The fourth-order valence-corrected chi connectivity index (χ4v) is 4.50. The number of sulfonamides is 1. The largest absolute Gasteiger partial charge is 0.349 e. The fraction of sp³-hybridized carbons (Fsp3) is 0.381. The average molecular weight is 387 g/mol. The highest BCUT2D eigenvalue weighted by Crippen LogP contribution is 2.19. The van der Waals surface area contributed by atoms with Gasteiger partial charge in [0.2, 0.25) is 0 Å². The SMILES string of the molecule is O=C(NC1CCCCCCC1)c1cccc(S(=O)(=O)Nc2ccccc2)c1. The van der Waals surface area contributed by atoms with Crippen LogP contribution in [-0.2, 0) is 10.0 Å². The van der Waals surface area contributed by atoms with E-state index < -0.39 is 10.0 Å². The molecule has 0 saturated heterocycles. The van der Waals surface area contributed by atoms with E-state index in [1.54, 1.807) is 36.4 Å². The number of benzene rings is 2. The summed E-state index contributed by atoms with van der Waals surface area (Å²) < 4.78 is 27.8. The van der Waals surface area contributed by atoms with Crippen LogP contribution in [0.15, 0.2) is 59.5 Å². The first-order chi connectivity index (χ1) is 13.0. The van der Waals surface area contributed by atoms with Crippen LogP contribution in [-0.4, -0.2) is 20.4 Å². The minimum absolute atomic E-state index is 0.0802. The molecule has 2 aromatic rings. The van der Waals surface area contributed by atoms with Gasteiger partial charge < -0.3 is 5.32 Å². The van der Waals surface area contributed by atoms with Gasteiger partial charge in [-0.15, -0.1) is 0 Å². The number of carbonyl (C=O) groups is 1. The zero-order valence-corrected chi connectivity index (χ0v) is 16.2. The van der Waals surface area contributed by atoms with Gasteiger partial charge in [0.25, 0.3) is 15.9 Å². The van der Waals surface area contributed by atoms with Gasteiger partial charge >= 0.3 is 0 Å². The molecule has 6 heteroatoms. The molecule has 3 rings (SSSR count). The average Bonchev–Trinajstić information content (AvgIpc) is 2.64. The van der Waals surface area contributed by atoms with Crippen molar-refractivity contribution in [1.82, 2.24) is 5.32 Å². The summed E-state index contributed by atoms with van der Waals surface area (Å²) in [4.78, 5) is 12.7. The van der Waals surface area contributed by atoms with Crippen molar-refractivity contribution >= 4 is 21.6 Å². The summed E-state index contributed by atoms with van der Waals surface area (Å²) in [6, 6.07) is 15.1. The van der Waals surface area contributed by atoms with Crippen LogP contribution in [0.2, 0.25) is 0 Å². The van der Waals surface area contributed by atoms with E-state index in [-0.39, 0.29) is 16.8 Å². The number of amides is 1. The number of rotatable bonds is 5. The Morgan fingerprint density at radius 1 is 0.852 bits per heavy atom. The Balaban J connectivity index is 1.71. The van der Waals surface area contributed by atoms with Crippen LogP contribution in [0.3, 0.4) is 0 Å². The third-order valence-electron chi connectivity index (χ3n) is 4.87. The Morgan fingerprint density at radius 2 is 1.52 bits per heavy atom. The minimum atomic E-state index is -3.74. The molecule has 2 N–H and O–H groups in total. The van der Waals surface area contributed by atoms with Crippen LogP contribution in [0.4, 0.5) is 5.69 Å². The summed E-state index contributed by atoms with van der Waals surface area (Å²) in [5.41, 5.74) is 0.856. The second kappa shape index (κ2) is 9.04. The molecule has 27 heavy (non-hydrogen) atoms. The van der Waals surface area contributed by atoms with Crippen LogP contribution in [0.5, 0.6) is 0 Å². The van der Waals surface area contributed by atoms with Gasteiger partial charge in [-0.25, -0.2) is 8.42 Å². The quantitative estimate of drug-likeness (QED) is 0.803. The fourth-order valence-electron chi connectivity index (χ4n) is 3.39. The summed E-state index contributed by atoms with van der Waals surface area (Å²) in [6.07, 6.45) is 7.92. The Labute approximate surface area is 161 Å². The van der Waals surface area contributed by atoms with Gasteiger partial charge in [0.05, 0.1) is 4.90 Å². The number of para-hydroxylation sites is 1. The molecule has 5 nitrogen and oxygen atoms in total. The number of carbonyl (C=O) groups excluding carboxylic acids is 1. The Kier molecular flexibility index (Phi) is 6.50. The van der Waals surface area contributed by atoms with Gasteiger partial charge in [0.1, 0.15) is 0 Å². The third kappa shape index (κ3) is 5.57. The summed E-state index contributed by atoms with van der Waals surface area (Å²) >= 11 is 0. The van der Waals surface area contributed by atoms with Crippen molar-refractivity contribution in [3.63, 3.8) is 0 Å². The first-order valence-corrected chi connectivity index (χ1v) is 11.0. The second-order valence-electron chi connectivity index (χ2n) is 7.01. The summed E-state index contributed by atoms with van der Waals surface area (Å²) in [5, 5.41) is 3.08. The highest BCUT2D eigenvalue weighted by atomic mass is 32.2. The van der Waals surface area contributed by atoms with E-state index in [0.29, 0.717) is 11.3 Å². The molecule has 0 unspecified atom stereocenters. The summed E-state index contributed by atoms with van der Waals surface area (Å²) in [5.74, 6) is -0.211. The lowest BCUT2D eigenvalue weighted by Gasteiger charge is -2.21. The van der Waals surface area contributed by atoms with Crippen LogP contribution >= 0.6 is 0 Å². The van der Waals surface area contributed by atoms with Gasteiger partial charge in [0, 0.05) is 17.3 Å². The standard InChI is InChI=1S/C21H26N2O3S/c24-21(22-18-11-5-2-1-3-6-12-18)17-10-9-15-20(16-17)27(25,26)23-19-13-7-4-8-14-19/h4,7-10,13-16,18,23H,1-3,5-6,11-12H2,(H,22,24). The van der Waals surface area contributed by atoms with E-state index >= 15 is 0 Å². The van der Waals surface area contributed by atoms with Crippen LogP contribution < -0.4 is 10.0 Å². The maximum atomic E-state index is 12.6. The lowest BCUT2D eigenvalue weighted by atomic mass is 9.96. The van der Waals surface area contributed by atoms with E-state index in [1.165, 1.54) is 31.4 Å². The van der Waals surface area contributed by atoms with E-state index in [1.807, 2.05) is 6.07 Å². The number of hydrogen-bond acceptors (Lipinski definition) is 3. The third-order valence-corrected chi connectivity index (χ3v) is 6.25. The zero-order valence-electron chi connectivity index (χ0n) is 15.4. The number of hydrogen-bond donors (Lipinski definition) is 2. The molecule has 0 aromatic heterocycles. The minimum Gasteiger partial charge on any atom is -0.349 e. The normalized spacial score (nSPS) is 16.1. The Morgan fingerprint density at radius 3 is 2.22 bits per heavy atom. The number of anilines is 1. The van der Waals surface area contributed by atoms with E-state index in [2.05, 4.69) is 10.0 Å². The highest BCUT2D eigenvalue weighted by Gasteiger charge is 2.19. The monoisotopic (exact) mass is 386 g/mol. The Hall–Kier alpha value is -2.34. The van der Waals surface area contributed by atoms with Crippen LogP contribution in [0.25, 0.3) is 0 Å². The van der Waals surface area contributed by atoms with E-state index in [0.717, 1.165) is 25.7 Å². The lowest BCUT2D eigenvalue weighted by Crippen LogP contribution is -2.35. The van der Waals surface area contributed by atoms with Crippen LogP contribution in [0.1, 0.15) is 55.3 Å². The van der Waals surface area contributed by atoms with Crippen molar-refractivity contribution in [3.05, 3.63) is 60.2 Å². The van der Waals surface area contributed by atoms with Gasteiger partial charge in [-0.3, -0.25) is 9.52 Å². The lowest BCUT2D eigenvalue weighted by molar-refractivity contribution is 0.0930. The topological polar surface area (TPSA) is 75.3 Å². The Bertz CT molecular complexity index is 858. The van der Waals surface area contributed by atoms with Crippen molar-refractivity contribution in [2.75, 3.05) is 4.72 Å². The molecule has 0 bridgehead atoms. The van der Waals surface area contributed by atoms with Crippen molar-refractivity contribution in [3.8, 4) is 0 Å². The molecule has 0 spiro atoms. The van der Waals surface area contributed by atoms with E-state index in [4.69, 9.17) is 0 Å². The molecule has 1 aliphatic rings. The second-order valence-corrected chi connectivity index (χ2v) is 8.70. The maximum Gasteiger partial charge on any atom is 0.261 e.